The highest BCUT2D eigenvalue weighted by molar-refractivity contribution is 9.11. The summed E-state index contributed by atoms with van der Waals surface area (Å²) in [5, 5.41) is 13.7. The number of carbonyl (C=O) groups is 4. The summed E-state index contributed by atoms with van der Waals surface area (Å²) in [5.74, 6) is -3.90. The minimum absolute atomic E-state index is 0.0384. The van der Waals surface area contributed by atoms with Gasteiger partial charge in [0.2, 0.25) is 17.7 Å². The number of esters is 1. The number of hydrogen-bond acceptors (Lipinski definition) is 8. The summed E-state index contributed by atoms with van der Waals surface area (Å²) in [6.45, 7) is 3.84. The Labute approximate surface area is 296 Å². The number of aliphatic hydroxyl groups is 1. The predicted molar refractivity (Wildman–Crippen MR) is 184 cm³/mol. The lowest BCUT2D eigenvalue weighted by Gasteiger charge is -2.42. The van der Waals surface area contributed by atoms with Crippen molar-refractivity contribution >= 4 is 39.6 Å². The number of carbonyl (C=O) groups excluding carboxylic acids is 4. The van der Waals surface area contributed by atoms with Crippen LogP contribution in [0.3, 0.4) is 0 Å². The van der Waals surface area contributed by atoms with Crippen LogP contribution in [0.25, 0.3) is 0 Å². The van der Waals surface area contributed by atoms with Crippen LogP contribution < -0.4 is 5.32 Å². The van der Waals surface area contributed by atoms with E-state index in [1.165, 1.54) is 12.0 Å². The number of hydrogen-bond donors (Lipinski definition) is 2. The van der Waals surface area contributed by atoms with Crippen molar-refractivity contribution in [2.75, 3.05) is 26.9 Å². The van der Waals surface area contributed by atoms with Gasteiger partial charge in [-0.15, -0.1) is 0 Å². The minimum atomic E-state index is -1.45. The third-order valence-corrected chi connectivity index (χ3v) is 11.6. The topological polar surface area (TPSA) is 135 Å². The van der Waals surface area contributed by atoms with E-state index in [4.69, 9.17) is 14.2 Å². The quantitative estimate of drug-likeness (QED) is 0.319. The summed E-state index contributed by atoms with van der Waals surface area (Å²) in [4.78, 5) is 61.1. The molecule has 12 heteroatoms. The van der Waals surface area contributed by atoms with Gasteiger partial charge in [0, 0.05) is 30.6 Å². The van der Waals surface area contributed by atoms with Gasteiger partial charge in [-0.25, -0.2) is 0 Å². The Kier molecular flexibility index (Phi) is 11.0. The lowest BCUT2D eigenvalue weighted by Crippen LogP contribution is -2.61. The van der Waals surface area contributed by atoms with E-state index in [2.05, 4.69) is 21.2 Å². The zero-order valence-electron chi connectivity index (χ0n) is 28.5. The molecule has 1 saturated carbocycles. The fourth-order valence-electron chi connectivity index (χ4n) is 8.56. The van der Waals surface area contributed by atoms with Crippen LogP contribution in [-0.4, -0.2) is 101 Å². The SMILES string of the molecule is COC[C@@H]1NC(=O)CC/C=C\CN(C2CCCCC2)C(=O)[C@H]2N([C@@H](CO)C(C)C)C(=O)[C@@H]3[C@@H](C(=O)O[C@H]1c1ccccc1)[C@@H]1O[C@@]32C=C1Br. The van der Waals surface area contributed by atoms with Crippen LogP contribution in [0.15, 0.2) is 53.0 Å². The van der Waals surface area contributed by atoms with Crippen molar-refractivity contribution in [1.29, 1.82) is 0 Å². The number of benzene rings is 1. The molecule has 3 amide bonds. The molecule has 4 aliphatic heterocycles. The van der Waals surface area contributed by atoms with E-state index in [9.17, 15) is 19.5 Å². The average Bonchev–Trinajstić information content (AvgIpc) is 3.68. The third-order valence-electron chi connectivity index (χ3n) is 10.9. The molecule has 8 atom stereocenters. The second kappa shape index (κ2) is 15.0. The largest absolute Gasteiger partial charge is 0.455 e. The smallest absolute Gasteiger partial charge is 0.313 e. The molecule has 0 radical (unpaired) electrons. The zero-order chi connectivity index (χ0) is 34.9. The molecule has 0 aromatic heterocycles. The number of aliphatic hydroxyl groups excluding tert-OH is 1. The summed E-state index contributed by atoms with van der Waals surface area (Å²) in [5.41, 5.74) is -0.795. The second-order valence-electron chi connectivity index (χ2n) is 14.3. The van der Waals surface area contributed by atoms with Crippen LogP contribution in [0.4, 0.5) is 0 Å². The average molecular weight is 743 g/mol. The first-order valence-corrected chi connectivity index (χ1v) is 18.4. The number of methoxy groups -OCH3 is 1. The second-order valence-corrected chi connectivity index (χ2v) is 15.2. The molecule has 3 fully saturated rings. The van der Waals surface area contributed by atoms with E-state index in [0.29, 0.717) is 23.0 Å². The molecule has 2 N–H and O–H groups in total. The molecular weight excluding hydrogens is 694 g/mol. The van der Waals surface area contributed by atoms with Gasteiger partial charge in [0.05, 0.1) is 31.2 Å². The molecule has 4 heterocycles. The van der Waals surface area contributed by atoms with E-state index in [-0.39, 0.29) is 43.4 Å². The zero-order valence-corrected chi connectivity index (χ0v) is 30.0. The first-order chi connectivity index (χ1) is 23.6. The summed E-state index contributed by atoms with van der Waals surface area (Å²) in [6.07, 6.45) is 9.25. The molecule has 2 saturated heterocycles. The first kappa shape index (κ1) is 35.8. The maximum Gasteiger partial charge on any atom is 0.313 e. The van der Waals surface area contributed by atoms with Gasteiger partial charge in [-0.1, -0.05) is 91.5 Å². The molecule has 1 aromatic carbocycles. The summed E-state index contributed by atoms with van der Waals surface area (Å²) in [7, 11) is 1.52. The van der Waals surface area contributed by atoms with Crippen LogP contribution in [0.5, 0.6) is 0 Å². The van der Waals surface area contributed by atoms with Crippen LogP contribution in [0, 0.1) is 17.8 Å². The maximum absolute atomic E-state index is 15.1. The minimum Gasteiger partial charge on any atom is -0.455 e. The monoisotopic (exact) mass is 741 g/mol. The van der Waals surface area contributed by atoms with Gasteiger partial charge >= 0.3 is 5.97 Å². The molecule has 1 aromatic rings. The molecule has 5 bridgehead atoms. The summed E-state index contributed by atoms with van der Waals surface area (Å²) in [6, 6.07) is 6.60. The number of rotatable bonds is 7. The van der Waals surface area contributed by atoms with Crippen LogP contribution in [0.1, 0.15) is 70.5 Å². The lowest BCUT2D eigenvalue weighted by molar-refractivity contribution is -0.163. The van der Waals surface area contributed by atoms with Crippen molar-refractivity contribution in [3.8, 4) is 0 Å². The van der Waals surface area contributed by atoms with Gasteiger partial charge in [-0.3, -0.25) is 19.2 Å². The molecule has 1 spiro atoms. The molecule has 1 aliphatic carbocycles. The van der Waals surface area contributed by atoms with Gasteiger partial charge < -0.3 is 34.4 Å². The third kappa shape index (κ3) is 6.61. The van der Waals surface area contributed by atoms with Gasteiger partial charge in [0.15, 0.2) is 0 Å². The fourth-order valence-corrected chi connectivity index (χ4v) is 9.30. The number of allylic oxidation sites excluding steroid dienone is 1. The highest BCUT2D eigenvalue weighted by Gasteiger charge is 2.75. The van der Waals surface area contributed by atoms with E-state index in [1.54, 1.807) is 6.08 Å². The van der Waals surface area contributed by atoms with Crippen molar-refractivity contribution in [2.45, 2.75) is 101 Å². The molecule has 6 rings (SSSR count). The van der Waals surface area contributed by atoms with Gasteiger partial charge in [-0.2, -0.15) is 0 Å². The maximum atomic E-state index is 15.1. The van der Waals surface area contributed by atoms with Gasteiger partial charge in [-0.05, 0) is 36.8 Å². The van der Waals surface area contributed by atoms with E-state index < -0.39 is 59.6 Å². The van der Waals surface area contributed by atoms with Crippen molar-refractivity contribution in [2.24, 2.45) is 17.8 Å². The normalized spacial score (nSPS) is 34.1. The van der Waals surface area contributed by atoms with Gasteiger partial charge in [0.25, 0.3) is 0 Å². The molecule has 0 unspecified atom stereocenters. The number of cyclic esters (lactones) is 1. The Hall–Kier alpha value is -3.06. The first-order valence-electron chi connectivity index (χ1n) is 17.6. The Morgan fingerprint density at radius 3 is 2.45 bits per heavy atom. The predicted octanol–water partition coefficient (Wildman–Crippen LogP) is 3.80. The standard InChI is InChI=1S/C37H48BrN3O8/c1-22(2)27(20-42)41-33-35(45)40(24-15-9-5-10-16-24)18-12-6-11-17-28(43)39-26(21-47-3)31(23-13-7-4-8-14-23)48-36(46)29-30(34(41)44)37(33)19-25(38)32(29)49-37/h4,6-8,12-14,19,22,24,26-27,29-33,42H,5,9-11,15-18,20-21H2,1-3H3,(H,39,43)/b12-6-/t26-,27-,29+,30-,31-,32+,33+,37-/m0/s1. The molecule has 5 aliphatic rings. The summed E-state index contributed by atoms with van der Waals surface area (Å²) < 4.78 is 19.1. The number of fused-ring (bicyclic) bond motifs is 2. The number of nitrogens with zero attached hydrogens (tertiary/aromatic N) is 2. The number of likely N-dealkylation sites (tertiary alicyclic amines) is 1. The van der Waals surface area contributed by atoms with Crippen molar-refractivity contribution in [3.63, 3.8) is 0 Å². The lowest BCUT2D eigenvalue weighted by atomic mass is 9.74. The van der Waals surface area contributed by atoms with Crippen molar-refractivity contribution in [1.82, 2.24) is 15.1 Å². The Morgan fingerprint density at radius 1 is 1.04 bits per heavy atom. The van der Waals surface area contributed by atoms with Gasteiger partial charge in [0.1, 0.15) is 29.8 Å². The molecule has 49 heavy (non-hydrogen) atoms. The number of amides is 3. The van der Waals surface area contributed by atoms with Crippen molar-refractivity contribution in [3.05, 3.63) is 58.6 Å². The highest BCUT2D eigenvalue weighted by atomic mass is 79.9. The molecule has 11 nitrogen and oxygen atoms in total. The number of nitrogens with one attached hydrogen (secondary N) is 1. The van der Waals surface area contributed by atoms with E-state index >= 15 is 4.79 Å². The molecular formula is C37H48BrN3O8. The highest BCUT2D eigenvalue weighted by Crippen LogP contribution is 2.59. The van der Waals surface area contributed by atoms with Crippen LogP contribution in [-0.2, 0) is 33.4 Å². The van der Waals surface area contributed by atoms with Crippen LogP contribution in [0.2, 0.25) is 0 Å². The Balaban J connectivity index is 1.48. The fraction of sp³-hybridized carbons (Fsp3) is 0.622. The number of halogens is 1. The Bertz CT molecular complexity index is 1460. The van der Waals surface area contributed by atoms with Crippen LogP contribution >= 0.6 is 15.9 Å². The Morgan fingerprint density at radius 2 is 1.78 bits per heavy atom. The van der Waals surface area contributed by atoms with E-state index in [0.717, 1.165) is 32.1 Å². The molecule has 266 valence electrons. The van der Waals surface area contributed by atoms with Crippen molar-refractivity contribution < 1.29 is 38.5 Å². The van der Waals surface area contributed by atoms with E-state index in [1.807, 2.05) is 61.2 Å². The number of ether oxygens (including phenoxy) is 3. The summed E-state index contributed by atoms with van der Waals surface area (Å²) >= 11 is 3.63.